The molecule has 1 unspecified atom stereocenters. The topological polar surface area (TPSA) is 39.1 Å². The number of benzene rings is 1. The van der Waals surface area contributed by atoms with E-state index in [9.17, 15) is 0 Å². The maximum absolute atomic E-state index is 9.12. The molecular formula is C12H15BrClN3. The van der Waals surface area contributed by atoms with Gasteiger partial charge in [0.25, 0.3) is 0 Å². The molecule has 0 saturated carbocycles. The number of hydrogen-bond donors (Lipinski definition) is 1. The highest BCUT2D eigenvalue weighted by Gasteiger charge is 2.10. The van der Waals surface area contributed by atoms with Crippen LogP contribution < -0.4 is 5.32 Å². The van der Waals surface area contributed by atoms with Gasteiger partial charge in [-0.1, -0.05) is 17.7 Å². The minimum absolute atomic E-state index is 0.319. The fraction of sp³-hybridized carbons (Fsp3) is 0.417. The number of rotatable bonds is 5. The van der Waals surface area contributed by atoms with Crippen LogP contribution in [-0.4, -0.2) is 32.1 Å². The highest BCUT2D eigenvalue weighted by atomic mass is 79.9. The third-order valence-corrected chi connectivity index (χ3v) is 3.55. The zero-order valence-corrected chi connectivity index (χ0v) is 12.2. The van der Waals surface area contributed by atoms with Crippen molar-refractivity contribution in [1.29, 1.82) is 5.26 Å². The van der Waals surface area contributed by atoms with Crippen molar-refractivity contribution in [2.45, 2.75) is 6.04 Å². The van der Waals surface area contributed by atoms with Crippen LogP contribution in [0.25, 0.3) is 0 Å². The van der Waals surface area contributed by atoms with Crippen LogP contribution in [0.2, 0.25) is 5.02 Å². The Morgan fingerprint density at radius 3 is 2.76 bits per heavy atom. The molecule has 17 heavy (non-hydrogen) atoms. The molecular weight excluding hydrogens is 302 g/mol. The molecule has 0 fully saturated rings. The van der Waals surface area contributed by atoms with Crippen LogP contribution in [0.5, 0.6) is 0 Å². The van der Waals surface area contributed by atoms with E-state index in [4.69, 9.17) is 16.9 Å². The maximum Gasteiger partial charge on any atom is 0.121 e. The number of nitriles is 1. The number of likely N-dealkylation sites (N-methyl/N-ethyl adjacent to an activating group) is 1. The van der Waals surface area contributed by atoms with Gasteiger partial charge < -0.3 is 4.90 Å². The molecule has 1 rings (SSSR count). The van der Waals surface area contributed by atoms with Crippen LogP contribution in [0, 0.1) is 11.3 Å². The first-order valence-corrected chi connectivity index (χ1v) is 6.44. The molecule has 92 valence electrons. The van der Waals surface area contributed by atoms with E-state index in [2.05, 4.69) is 32.2 Å². The van der Waals surface area contributed by atoms with Gasteiger partial charge in [0.2, 0.25) is 0 Å². The fourth-order valence-electron chi connectivity index (χ4n) is 1.36. The minimum Gasteiger partial charge on any atom is -0.308 e. The molecule has 0 spiro atoms. The average Bonchev–Trinajstić information content (AvgIpc) is 2.28. The van der Waals surface area contributed by atoms with Gasteiger partial charge in [-0.15, -0.1) is 0 Å². The summed E-state index contributed by atoms with van der Waals surface area (Å²) in [5, 5.41) is 12.9. The fourth-order valence-corrected chi connectivity index (χ4v) is 1.80. The van der Waals surface area contributed by atoms with Crippen molar-refractivity contribution in [2.24, 2.45) is 0 Å². The molecule has 0 bridgehead atoms. The molecule has 0 saturated heterocycles. The Hall–Kier alpha value is -0.600. The smallest absolute Gasteiger partial charge is 0.121 e. The average molecular weight is 317 g/mol. The van der Waals surface area contributed by atoms with Gasteiger partial charge in [0.1, 0.15) is 6.04 Å². The van der Waals surface area contributed by atoms with Crippen LogP contribution >= 0.6 is 27.5 Å². The van der Waals surface area contributed by atoms with E-state index in [1.165, 1.54) is 0 Å². The molecule has 1 N–H and O–H groups in total. The molecule has 0 radical (unpaired) electrons. The second kappa shape index (κ2) is 6.97. The monoisotopic (exact) mass is 315 g/mol. The molecule has 0 amide bonds. The predicted octanol–water partition coefficient (Wildman–Crippen LogP) is 2.82. The molecule has 0 aromatic heterocycles. The lowest BCUT2D eigenvalue weighted by atomic mass is 10.1. The molecule has 3 nitrogen and oxygen atoms in total. The Kier molecular flexibility index (Phi) is 5.93. The highest BCUT2D eigenvalue weighted by Crippen LogP contribution is 2.25. The summed E-state index contributed by atoms with van der Waals surface area (Å²) in [6.07, 6.45) is 0. The van der Waals surface area contributed by atoms with Gasteiger partial charge in [0.15, 0.2) is 0 Å². The third-order valence-electron chi connectivity index (χ3n) is 2.31. The second-order valence-corrected chi connectivity index (χ2v) is 5.25. The van der Waals surface area contributed by atoms with Gasteiger partial charge in [-0.2, -0.15) is 5.26 Å². The first kappa shape index (κ1) is 14.5. The van der Waals surface area contributed by atoms with Gasteiger partial charge in [-0.3, -0.25) is 5.32 Å². The number of halogens is 2. The zero-order chi connectivity index (χ0) is 12.8. The summed E-state index contributed by atoms with van der Waals surface area (Å²) in [7, 11) is 4.00. The summed E-state index contributed by atoms with van der Waals surface area (Å²) < 4.78 is 0.841. The van der Waals surface area contributed by atoms with Gasteiger partial charge in [0.05, 0.1) is 11.1 Å². The van der Waals surface area contributed by atoms with E-state index in [1.807, 2.05) is 32.3 Å². The van der Waals surface area contributed by atoms with E-state index in [0.29, 0.717) is 5.02 Å². The van der Waals surface area contributed by atoms with Gasteiger partial charge in [-0.25, -0.2) is 0 Å². The van der Waals surface area contributed by atoms with Crippen molar-refractivity contribution in [3.05, 3.63) is 33.3 Å². The Morgan fingerprint density at radius 1 is 1.53 bits per heavy atom. The predicted molar refractivity (Wildman–Crippen MR) is 74.1 cm³/mol. The van der Waals surface area contributed by atoms with E-state index in [1.54, 1.807) is 0 Å². The lowest BCUT2D eigenvalue weighted by Crippen LogP contribution is -2.29. The lowest BCUT2D eigenvalue weighted by Gasteiger charge is -2.15. The van der Waals surface area contributed by atoms with Crippen molar-refractivity contribution >= 4 is 27.5 Å². The molecule has 5 heteroatoms. The zero-order valence-electron chi connectivity index (χ0n) is 9.87. The summed E-state index contributed by atoms with van der Waals surface area (Å²) >= 11 is 9.34. The van der Waals surface area contributed by atoms with Gasteiger partial charge in [-0.05, 0) is 47.7 Å². The summed E-state index contributed by atoms with van der Waals surface area (Å²) in [4.78, 5) is 2.07. The molecule has 1 aromatic carbocycles. The van der Waals surface area contributed by atoms with E-state index in [-0.39, 0.29) is 6.04 Å². The molecule has 0 aliphatic rings. The molecule has 0 aliphatic heterocycles. The second-order valence-electron chi connectivity index (χ2n) is 3.99. The van der Waals surface area contributed by atoms with Crippen LogP contribution in [0.1, 0.15) is 11.6 Å². The summed E-state index contributed by atoms with van der Waals surface area (Å²) in [6.45, 7) is 1.65. The van der Waals surface area contributed by atoms with Crippen molar-refractivity contribution in [3.8, 4) is 6.07 Å². The Labute approximate surface area is 115 Å². The van der Waals surface area contributed by atoms with E-state index >= 15 is 0 Å². The number of nitrogens with one attached hydrogen (secondary N) is 1. The first-order valence-electron chi connectivity index (χ1n) is 5.27. The third kappa shape index (κ3) is 4.64. The summed E-state index contributed by atoms with van der Waals surface area (Å²) in [5.41, 5.74) is 0.888. The Morgan fingerprint density at radius 2 is 2.24 bits per heavy atom. The van der Waals surface area contributed by atoms with Gasteiger partial charge >= 0.3 is 0 Å². The van der Waals surface area contributed by atoms with Crippen molar-refractivity contribution in [2.75, 3.05) is 27.2 Å². The SMILES string of the molecule is CN(C)CCNC(C#N)c1ccc(Br)c(Cl)c1. The van der Waals surface area contributed by atoms with Crippen molar-refractivity contribution in [3.63, 3.8) is 0 Å². The van der Waals surface area contributed by atoms with Crippen molar-refractivity contribution < 1.29 is 0 Å². The van der Waals surface area contributed by atoms with Crippen LogP contribution in [-0.2, 0) is 0 Å². The van der Waals surface area contributed by atoms with Crippen LogP contribution in [0.4, 0.5) is 0 Å². The Bertz CT molecular complexity index is 415. The molecule has 0 aliphatic carbocycles. The molecule has 1 aromatic rings. The largest absolute Gasteiger partial charge is 0.308 e. The summed E-state index contributed by atoms with van der Waals surface area (Å²) in [6, 6.07) is 7.48. The summed E-state index contributed by atoms with van der Waals surface area (Å²) in [5.74, 6) is 0. The molecule has 1 atom stereocenters. The quantitative estimate of drug-likeness (QED) is 0.908. The first-order chi connectivity index (χ1) is 8.04. The normalized spacial score (nSPS) is 12.5. The number of nitrogens with zero attached hydrogens (tertiary/aromatic N) is 2. The minimum atomic E-state index is -0.319. The maximum atomic E-state index is 9.12. The molecule has 0 heterocycles. The van der Waals surface area contributed by atoms with Gasteiger partial charge in [0, 0.05) is 17.6 Å². The van der Waals surface area contributed by atoms with Crippen LogP contribution in [0.15, 0.2) is 22.7 Å². The number of hydrogen-bond acceptors (Lipinski definition) is 3. The van der Waals surface area contributed by atoms with Crippen LogP contribution in [0.3, 0.4) is 0 Å². The van der Waals surface area contributed by atoms with E-state index in [0.717, 1.165) is 23.1 Å². The highest BCUT2D eigenvalue weighted by molar-refractivity contribution is 9.10. The van der Waals surface area contributed by atoms with Crippen molar-refractivity contribution in [1.82, 2.24) is 10.2 Å². The standard InChI is InChI=1S/C12H15BrClN3/c1-17(2)6-5-16-12(8-15)9-3-4-10(13)11(14)7-9/h3-4,7,12,16H,5-6H2,1-2H3. The lowest BCUT2D eigenvalue weighted by molar-refractivity contribution is 0.395. The Balaban J connectivity index is 2.67. The van der Waals surface area contributed by atoms with E-state index < -0.39 is 0 Å².